The highest BCUT2D eigenvalue weighted by molar-refractivity contribution is 5.86. The largest absolute Gasteiger partial charge is 0.478 e. The number of likely N-dealkylation sites (N-methyl/N-ethyl adjacent to an activating group) is 1. The molecule has 1 N–H and O–H groups in total. The third kappa shape index (κ3) is 4.37. The van der Waals surface area contributed by atoms with E-state index in [0.29, 0.717) is 6.61 Å². The van der Waals surface area contributed by atoms with Crippen LogP contribution in [0, 0.1) is 0 Å². The van der Waals surface area contributed by atoms with Crippen LogP contribution in [0.1, 0.15) is 19.4 Å². The SMILES string of the molecule is CCN(c1ncccc1/C=C/C(=O)O)C(C)COC. The van der Waals surface area contributed by atoms with Crippen molar-refractivity contribution in [2.24, 2.45) is 0 Å². The number of rotatable bonds is 7. The number of methoxy groups -OCH3 is 1. The number of nitrogens with zero attached hydrogens (tertiary/aromatic N) is 2. The van der Waals surface area contributed by atoms with Crippen LogP contribution in [0.5, 0.6) is 0 Å². The van der Waals surface area contributed by atoms with Crippen molar-refractivity contribution in [1.29, 1.82) is 0 Å². The van der Waals surface area contributed by atoms with Crippen LogP contribution in [-0.4, -0.2) is 42.4 Å². The third-order valence-electron chi connectivity index (χ3n) is 2.78. The summed E-state index contributed by atoms with van der Waals surface area (Å²) in [4.78, 5) is 17.1. The highest BCUT2D eigenvalue weighted by Crippen LogP contribution is 2.20. The molecule has 0 aliphatic heterocycles. The van der Waals surface area contributed by atoms with Crippen LogP contribution in [-0.2, 0) is 9.53 Å². The van der Waals surface area contributed by atoms with Crippen molar-refractivity contribution in [2.45, 2.75) is 19.9 Å². The molecule has 5 nitrogen and oxygen atoms in total. The first kappa shape index (κ1) is 15.2. The Morgan fingerprint density at radius 1 is 1.63 bits per heavy atom. The van der Waals surface area contributed by atoms with Gasteiger partial charge in [0.15, 0.2) is 0 Å². The monoisotopic (exact) mass is 264 g/mol. The van der Waals surface area contributed by atoms with E-state index >= 15 is 0 Å². The van der Waals surface area contributed by atoms with E-state index in [-0.39, 0.29) is 6.04 Å². The summed E-state index contributed by atoms with van der Waals surface area (Å²) in [7, 11) is 1.66. The topological polar surface area (TPSA) is 62.7 Å². The zero-order valence-electron chi connectivity index (χ0n) is 11.5. The van der Waals surface area contributed by atoms with Gasteiger partial charge in [0.05, 0.1) is 12.6 Å². The lowest BCUT2D eigenvalue weighted by Gasteiger charge is -2.29. The van der Waals surface area contributed by atoms with E-state index < -0.39 is 5.97 Å². The number of carboxylic acids is 1. The summed E-state index contributed by atoms with van der Waals surface area (Å²) < 4.78 is 5.16. The molecule has 104 valence electrons. The molecule has 0 spiro atoms. The Labute approximate surface area is 113 Å². The summed E-state index contributed by atoms with van der Waals surface area (Å²) in [5.74, 6) is -0.199. The highest BCUT2D eigenvalue weighted by atomic mass is 16.5. The first-order valence-electron chi connectivity index (χ1n) is 6.21. The number of hydrogen-bond acceptors (Lipinski definition) is 4. The van der Waals surface area contributed by atoms with Gasteiger partial charge < -0.3 is 14.7 Å². The van der Waals surface area contributed by atoms with Gasteiger partial charge in [-0.2, -0.15) is 0 Å². The number of anilines is 1. The molecule has 19 heavy (non-hydrogen) atoms. The lowest BCUT2D eigenvalue weighted by atomic mass is 10.2. The van der Waals surface area contributed by atoms with Crippen molar-refractivity contribution in [2.75, 3.05) is 25.2 Å². The van der Waals surface area contributed by atoms with E-state index in [0.717, 1.165) is 24.0 Å². The number of carbonyl (C=O) groups is 1. The van der Waals surface area contributed by atoms with Gasteiger partial charge in [-0.15, -0.1) is 0 Å². The fraction of sp³-hybridized carbons (Fsp3) is 0.429. The van der Waals surface area contributed by atoms with Crippen molar-refractivity contribution in [3.63, 3.8) is 0 Å². The van der Waals surface area contributed by atoms with Gasteiger partial charge in [-0.1, -0.05) is 0 Å². The van der Waals surface area contributed by atoms with Gasteiger partial charge in [0.1, 0.15) is 5.82 Å². The van der Waals surface area contributed by atoms with Gasteiger partial charge >= 0.3 is 5.97 Å². The molecule has 0 saturated carbocycles. The molecule has 0 aromatic carbocycles. The maximum Gasteiger partial charge on any atom is 0.328 e. The average molecular weight is 264 g/mol. The summed E-state index contributed by atoms with van der Waals surface area (Å²) in [6.07, 6.45) is 4.39. The van der Waals surface area contributed by atoms with Gasteiger partial charge in [-0.05, 0) is 32.1 Å². The molecule has 1 aromatic heterocycles. The molecule has 0 fully saturated rings. The Morgan fingerprint density at radius 2 is 2.37 bits per heavy atom. The molecule has 1 atom stereocenters. The van der Waals surface area contributed by atoms with Crippen LogP contribution in [0.2, 0.25) is 0 Å². The molecule has 0 saturated heterocycles. The Morgan fingerprint density at radius 3 is 2.95 bits per heavy atom. The molecule has 1 rings (SSSR count). The number of carboxylic acid groups (broad SMARTS) is 1. The van der Waals surface area contributed by atoms with Gasteiger partial charge in [0, 0.05) is 31.5 Å². The lowest BCUT2D eigenvalue weighted by Crippen LogP contribution is -2.37. The van der Waals surface area contributed by atoms with E-state index in [1.54, 1.807) is 25.4 Å². The maximum absolute atomic E-state index is 10.6. The van der Waals surface area contributed by atoms with Crippen LogP contribution in [0.25, 0.3) is 6.08 Å². The Bertz CT molecular complexity index is 446. The Kier molecular flexibility index (Phi) is 6.02. The molecule has 5 heteroatoms. The van der Waals surface area contributed by atoms with E-state index in [1.807, 2.05) is 19.9 Å². The fourth-order valence-corrected chi connectivity index (χ4v) is 1.94. The summed E-state index contributed by atoms with van der Waals surface area (Å²) in [5, 5.41) is 8.71. The third-order valence-corrected chi connectivity index (χ3v) is 2.78. The number of hydrogen-bond donors (Lipinski definition) is 1. The van der Waals surface area contributed by atoms with Crippen LogP contribution >= 0.6 is 0 Å². The minimum Gasteiger partial charge on any atom is -0.478 e. The average Bonchev–Trinajstić information content (AvgIpc) is 2.38. The van der Waals surface area contributed by atoms with Gasteiger partial charge in [-0.25, -0.2) is 9.78 Å². The zero-order chi connectivity index (χ0) is 14.3. The van der Waals surface area contributed by atoms with Crippen LogP contribution in [0.15, 0.2) is 24.4 Å². The van der Waals surface area contributed by atoms with Gasteiger partial charge in [-0.3, -0.25) is 0 Å². The number of aliphatic carboxylic acids is 1. The Hall–Kier alpha value is -1.88. The van der Waals surface area contributed by atoms with Crippen molar-refractivity contribution in [1.82, 2.24) is 4.98 Å². The summed E-state index contributed by atoms with van der Waals surface area (Å²) in [6, 6.07) is 3.81. The minimum atomic E-state index is -0.970. The standard InChI is InChI=1S/C14H20N2O3/c1-4-16(11(2)10-19-3)14-12(6-5-9-15-14)7-8-13(17)18/h5-9,11H,4,10H2,1-3H3,(H,17,18)/b8-7+. The second-order valence-corrected chi connectivity index (χ2v) is 4.18. The second kappa shape index (κ2) is 7.53. The molecule has 0 aliphatic rings. The zero-order valence-corrected chi connectivity index (χ0v) is 11.5. The van der Waals surface area contributed by atoms with Crippen molar-refractivity contribution < 1.29 is 14.6 Å². The molecule has 1 unspecified atom stereocenters. The fourth-order valence-electron chi connectivity index (χ4n) is 1.94. The molecular weight excluding hydrogens is 244 g/mol. The summed E-state index contributed by atoms with van der Waals surface area (Å²) in [6.45, 7) is 5.44. The lowest BCUT2D eigenvalue weighted by molar-refractivity contribution is -0.131. The maximum atomic E-state index is 10.6. The highest BCUT2D eigenvalue weighted by Gasteiger charge is 2.16. The molecule has 1 aromatic rings. The van der Waals surface area contributed by atoms with Crippen molar-refractivity contribution >= 4 is 17.9 Å². The van der Waals surface area contributed by atoms with Gasteiger partial charge in [0.25, 0.3) is 0 Å². The molecule has 1 heterocycles. The van der Waals surface area contributed by atoms with Crippen molar-refractivity contribution in [3.8, 4) is 0 Å². The quantitative estimate of drug-likeness (QED) is 0.764. The smallest absolute Gasteiger partial charge is 0.328 e. The van der Waals surface area contributed by atoms with Gasteiger partial charge in [0.2, 0.25) is 0 Å². The first-order valence-corrected chi connectivity index (χ1v) is 6.21. The van der Waals surface area contributed by atoms with E-state index in [9.17, 15) is 4.79 Å². The second-order valence-electron chi connectivity index (χ2n) is 4.18. The summed E-state index contributed by atoms with van der Waals surface area (Å²) >= 11 is 0. The molecular formula is C14H20N2O3. The molecule has 0 radical (unpaired) electrons. The molecule has 0 amide bonds. The Balaban J connectivity index is 3.06. The molecule has 0 bridgehead atoms. The molecule has 0 aliphatic carbocycles. The number of aromatic nitrogens is 1. The normalized spacial score (nSPS) is 12.6. The van der Waals surface area contributed by atoms with E-state index in [1.165, 1.54) is 0 Å². The first-order chi connectivity index (χ1) is 9.10. The number of pyridine rings is 1. The van der Waals surface area contributed by atoms with E-state index in [2.05, 4.69) is 9.88 Å². The van der Waals surface area contributed by atoms with Crippen LogP contribution in [0.4, 0.5) is 5.82 Å². The van der Waals surface area contributed by atoms with Crippen LogP contribution < -0.4 is 4.90 Å². The predicted molar refractivity (Wildman–Crippen MR) is 75.3 cm³/mol. The minimum absolute atomic E-state index is 0.168. The van der Waals surface area contributed by atoms with Crippen LogP contribution in [0.3, 0.4) is 0 Å². The number of ether oxygens (including phenoxy) is 1. The van der Waals surface area contributed by atoms with E-state index in [4.69, 9.17) is 9.84 Å². The van der Waals surface area contributed by atoms with Crippen molar-refractivity contribution in [3.05, 3.63) is 30.0 Å². The predicted octanol–water partition coefficient (Wildman–Crippen LogP) is 2.04. The summed E-state index contributed by atoms with van der Waals surface area (Å²) in [5.41, 5.74) is 0.787.